The Kier molecular flexibility index (Phi) is 4.38. The van der Waals surface area contributed by atoms with Gasteiger partial charge < -0.3 is 5.43 Å². The highest BCUT2D eigenvalue weighted by molar-refractivity contribution is 7.98. The van der Waals surface area contributed by atoms with Crippen molar-refractivity contribution in [3.05, 3.63) is 53.1 Å². The van der Waals surface area contributed by atoms with Crippen LogP contribution in [0.4, 0.5) is 4.39 Å². The molecule has 0 aliphatic heterocycles. The third-order valence-electron chi connectivity index (χ3n) is 3.37. The van der Waals surface area contributed by atoms with Crippen molar-refractivity contribution in [3.63, 3.8) is 0 Å². The molecule has 2 aromatic rings. The molecule has 1 fully saturated rings. The summed E-state index contributed by atoms with van der Waals surface area (Å²) in [4.78, 5) is 8.61. The van der Waals surface area contributed by atoms with E-state index in [0.29, 0.717) is 28.2 Å². The molecule has 22 heavy (non-hydrogen) atoms. The number of nitrogens with one attached hydrogen (secondary N) is 1. The Hall–Kier alpha value is -1.95. The predicted molar refractivity (Wildman–Crippen MR) is 86.7 cm³/mol. The van der Waals surface area contributed by atoms with Gasteiger partial charge >= 0.3 is 0 Å². The standard InChI is InChI=1S/C16H17FN4S/c1-10-3-6-12(13(17)9-10)15(21-20-11-4-5-11)14-7-8-18-16(19-14)22-2/h3,6-9,11,20H,4-5H2,1-2H3/b21-15-. The number of benzene rings is 1. The monoisotopic (exact) mass is 316 g/mol. The van der Waals surface area contributed by atoms with Crippen LogP contribution in [0.1, 0.15) is 29.7 Å². The summed E-state index contributed by atoms with van der Waals surface area (Å²) in [5.41, 5.74) is 5.55. The van der Waals surface area contributed by atoms with Crippen molar-refractivity contribution in [2.45, 2.75) is 31.0 Å². The van der Waals surface area contributed by atoms with Crippen molar-refractivity contribution in [1.29, 1.82) is 0 Å². The second-order valence-electron chi connectivity index (χ2n) is 5.28. The van der Waals surface area contributed by atoms with Crippen molar-refractivity contribution in [3.8, 4) is 0 Å². The number of nitrogens with zero attached hydrogens (tertiary/aromatic N) is 3. The molecule has 4 nitrogen and oxygen atoms in total. The van der Waals surface area contributed by atoms with Crippen LogP contribution in [0.2, 0.25) is 0 Å². The van der Waals surface area contributed by atoms with Gasteiger partial charge in [-0.2, -0.15) is 5.10 Å². The summed E-state index contributed by atoms with van der Waals surface area (Å²) in [7, 11) is 0. The highest BCUT2D eigenvalue weighted by atomic mass is 32.2. The van der Waals surface area contributed by atoms with Crippen LogP contribution >= 0.6 is 11.8 Å². The summed E-state index contributed by atoms with van der Waals surface area (Å²) in [6, 6.07) is 7.29. The Balaban J connectivity index is 2.04. The Bertz CT molecular complexity index is 713. The van der Waals surface area contributed by atoms with E-state index in [-0.39, 0.29) is 5.82 Å². The van der Waals surface area contributed by atoms with E-state index < -0.39 is 0 Å². The maximum atomic E-state index is 14.4. The van der Waals surface area contributed by atoms with Crippen molar-refractivity contribution in [1.82, 2.24) is 15.4 Å². The van der Waals surface area contributed by atoms with Gasteiger partial charge in [-0.15, -0.1) is 0 Å². The molecule has 1 aliphatic carbocycles. The molecule has 114 valence electrons. The first-order valence-electron chi connectivity index (χ1n) is 7.14. The van der Waals surface area contributed by atoms with E-state index in [1.165, 1.54) is 17.8 Å². The molecule has 1 heterocycles. The number of hydrogen-bond acceptors (Lipinski definition) is 5. The zero-order valence-corrected chi connectivity index (χ0v) is 13.3. The van der Waals surface area contributed by atoms with Gasteiger partial charge in [0.15, 0.2) is 5.16 Å². The summed E-state index contributed by atoms with van der Waals surface area (Å²) in [6.45, 7) is 1.86. The number of hydrazone groups is 1. The summed E-state index contributed by atoms with van der Waals surface area (Å²) in [5.74, 6) is -0.291. The molecule has 1 aliphatic rings. The van der Waals surface area contributed by atoms with Gasteiger partial charge in [0, 0.05) is 17.8 Å². The lowest BCUT2D eigenvalue weighted by atomic mass is 10.0. The Morgan fingerprint density at radius 1 is 1.36 bits per heavy atom. The lowest BCUT2D eigenvalue weighted by molar-refractivity contribution is 0.623. The van der Waals surface area contributed by atoms with Crippen molar-refractivity contribution in [2.75, 3.05) is 6.26 Å². The first-order chi connectivity index (χ1) is 10.7. The van der Waals surface area contributed by atoms with Gasteiger partial charge in [-0.05, 0) is 49.8 Å². The zero-order valence-electron chi connectivity index (χ0n) is 12.5. The van der Waals surface area contributed by atoms with Gasteiger partial charge in [-0.3, -0.25) is 0 Å². The Morgan fingerprint density at radius 2 is 2.18 bits per heavy atom. The molecule has 0 spiro atoms. The molecular formula is C16H17FN4S. The van der Waals surface area contributed by atoms with Gasteiger partial charge in [0.05, 0.1) is 5.69 Å². The molecule has 0 saturated heterocycles. The molecule has 0 amide bonds. The SMILES string of the molecule is CSc1nccc(/C(=N\NC2CC2)c2ccc(C)cc2F)n1. The fourth-order valence-electron chi connectivity index (χ4n) is 2.01. The Labute approximate surface area is 133 Å². The van der Waals surface area contributed by atoms with Gasteiger partial charge in [-0.1, -0.05) is 17.8 Å². The average Bonchev–Trinajstić information content (AvgIpc) is 3.34. The van der Waals surface area contributed by atoms with Crippen LogP contribution < -0.4 is 5.43 Å². The van der Waals surface area contributed by atoms with E-state index in [1.807, 2.05) is 19.2 Å². The van der Waals surface area contributed by atoms with E-state index in [1.54, 1.807) is 18.3 Å². The van der Waals surface area contributed by atoms with Gasteiger partial charge in [0.25, 0.3) is 0 Å². The van der Waals surface area contributed by atoms with Gasteiger partial charge in [0.1, 0.15) is 11.5 Å². The maximum Gasteiger partial charge on any atom is 0.187 e. The molecule has 1 aromatic carbocycles. The minimum absolute atomic E-state index is 0.291. The third kappa shape index (κ3) is 3.44. The molecule has 0 radical (unpaired) electrons. The largest absolute Gasteiger partial charge is 0.306 e. The smallest absolute Gasteiger partial charge is 0.187 e. The van der Waals surface area contributed by atoms with Crippen LogP contribution in [0.3, 0.4) is 0 Å². The molecule has 1 saturated carbocycles. The highest BCUT2D eigenvalue weighted by Crippen LogP contribution is 2.20. The fraction of sp³-hybridized carbons (Fsp3) is 0.312. The summed E-state index contributed by atoms with van der Waals surface area (Å²) in [5, 5.41) is 5.06. The predicted octanol–water partition coefficient (Wildman–Crippen LogP) is 3.15. The fourth-order valence-corrected chi connectivity index (χ4v) is 2.36. The first-order valence-corrected chi connectivity index (χ1v) is 8.37. The molecule has 3 rings (SSSR count). The highest BCUT2D eigenvalue weighted by Gasteiger charge is 2.22. The lowest BCUT2D eigenvalue weighted by Gasteiger charge is -2.09. The van der Waals surface area contributed by atoms with Crippen LogP contribution in [0.15, 0.2) is 40.7 Å². The summed E-state index contributed by atoms with van der Waals surface area (Å²) < 4.78 is 14.4. The molecular weight excluding hydrogens is 299 g/mol. The average molecular weight is 316 g/mol. The summed E-state index contributed by atoms with van der Waals surface area (Å²) in [6.07, 6.45) is 5.79. The third-order valence-corrected chi connectivity index (χ3v) is 3.94. The number of rotatable bonds is 5. The minimum Gasteiger partial charge on any atom is -0.306 e. The topological polar surface area (TPSA) is 50.2 Å². The van der Waals surface area contributed by atoms with E-state index >= 15 is 0 Å². The number of hydrogen-bond donors (Lipinski definition) is 1. The molecule has 0 bridgehead atoms. The quantitative estimate of drug-likeness (QED) is 0.398. The molecule has 0 atom stereocenters. The lowest BCUT2D eigenvalue weighted by Crippen LogP contribution is -2.17. The number of thioether (sulfide) groups is 1. The van der Waals surface area contributed by atoms with Crippen LogP contribution in [-0.2, 0) is 0 Å². The van der Waals surface area contributed by atoms with E-state index in [4.69, 9.17) is 0 Å². The van der Waals surface area contributed by atoms with Crippen molar-refractivity contribution < 1.29 is 4.39 Å². The minimum atomic E-state index is -0.291. The van der Waals surface area contributed by atoms with Gasteiger partial charge in [0.2, 0.25) is 0 Å². The van der Waals surface area contributed by atoms with E-state index in [0.717, 1.165) is 18.4 Å². The normalized spacial score (nSPS) is 15.0. The number of aryl methyl sites for hydroxylation is 1. The van der Waals surface area contributed by atoms with Gasteiger partial charge in [-0.25, -0.2) is 14.4 Å². The number of aromatic nitrogens is 2. The second kappa shape index (κ2) is 6.44. The first kappa shape index (κ1) is 15.0. The summed E-state index contributed by atoms with van der Waals surface area (Å²) >= 11 is 1.45. The maximum absolute atomic E-state index is 14.4. The molecule has 1 aromatic heterocycles. The van der Waals surface area contributed by atoms with Crippen LogP contribution in [0, 0.1) is 12.7 Å². The van der Waals surface area contributed by atoms with Crippen molar-refractivity contribution >= 4 is 17.5 Å². The number of halogens is 1. The van der Waals surface area contributed by atoms with E-state index in [9.17, 15) is 4.39 Å². The molecule has 6 heteroatoms. The van der Waals surface area contributed by atoms with Crippen molar-refractivity contribution in [2.24, 2.45) is 5.10 Å². The second-order valence-corrected chi connectivity index (χ2v) is 6.05. The van der Waals surface area contributed by atoms with Crippen LogP contribution in [0.25, 0.3) is 0 Å². The van der Waals surface area contributed by atoms with Crippen LogP contribution in [0.5, 0.6) is 0 Å². The zero-order chi connectivity index (χ0) is 15.5. The van der Waals surface area contributed by atoms with Crippen LogP contribution in [-0.4, -0.2) is 28.0 Å². The molecule has 0 unspecified atom stereocenters. The molecule has 1 N–H and O–H groups in total. The Morgan fingerprint density at radius 3 is 2.86 bits per heavy atom. The van der Waals surface area contributed by atoms with E-state index in [2.05, 4.69) is 20.5 Å².